The zero-order valence-electron chi connectivity index (χ0n) is 14.2. The van der Waals surface area contributed by atoms with E-state index in [-0.39, 0.29) is 11.7 Å². The zero-order chi connectivity index (χ0) is 18.6. The van der Waals surface area contributed by atoms with Gasteiger partial charge < -0.3 is 26.5 Å². The minimum Gasteiger partial charge on any atom is -0.476 e. The van der Waals surface area contributed by atoms with Gasteiger partial charge in [0.25, 0.3) is 5.91 Å². The third-order valence-electron chi connectivity index (χ3n) is 4.34. The van der Waals surface area contributed by atoms with Gasteiger partial charge in [0, 0.05) is 11.8 Å². The number of benzene rings is 1. The van der Waals surface area contributed by atoms with E-state index in [2.05, 4.69) is 15.3 Å². The van der Waals surface area contributed by atoms with Crippen molar-refractivity contribution in [1.82, 2.24) is 14.5 Å². The van der Waals surface area contributed by atoms with E-state index in [0.29, 0.717) is 34.2 Å². The number of anilines is 3. The van der Waals surface area contributed by atoms with Gasteiger partial charge in [-0.15, -0.1) is 0 Å². The molecule has 1 aliphatic rings. The molecule has 1 aromatic carbocycles. The van der Waals surface area contributed by atoms with Gasteiger partial charge in [-0.2, -0.15) is 0 Å². The first-order chi connectivity index (χ1) is 12.3. The van der Waals surface area contributed by atoms with Crippen LogP contribution in [-0.2, 0) is 4.79 Å². The van der Waals surface area contributed by atoms with Crippen LogP contribution in [0.1, 0.15) is 13.8 Å². The number of hydrogen-bond donors (Lipinski definition) is 5. The largest absolute Gasteiger partial charge is 0.476 e. The molecule has 0 aliphatic carbocycles. The smallest absolute Gasteiger partial charge is 0.332 e. The summed E-state index contributed by atoms with van der Waals surface area (Å²) in [7, 11) is 0. The number of nitrogen functional groups attached to an aromatic ring is 2. The number of nitrogens with one attached hydrogen (secondary N) is 3. The van der Waals surface area contributed by atoms with Crippen LogP contribution < -0.4 is 27.2 Å². The van der Waals surface area contributed by atoms with Gasteiger partial charge in [0.2, 0.25) is 0 Å². The van der Waals surface area contributed by atoms with Crippen molar-refractivity contribution in [3.63, 3.8) is 0 Å². The fourth-order valence-electron chi connectivity index (χ4n) is 2.99. The number of nitrogens with two attached hydrogens (primary N) is 2. The Bertz CT molecular complexity index is 1090. The molecule has 26 heavy (non-hydrogen) atoms. The first kappa shape index (κ1) is 15.9. The van der Waals surface area contributed by atoms with E-state index in [0.717, 1.165) is 0 Å². The van der Waals surface area contributed by atoms with Gasteiger partial charge in [-0.3, -0.25) is 14.3 Å². The van der Waals surface area contributed by atoms with Crippen LogP contribution in [0.5, 0.6) is 5.75 Å². The van der Waals surface area contributed by atoms with Crippen LogP contribution in [0.3, 0.4) is 0 Å². The number of nitrogens with zero attached hydrogens (tertiary/aromatic N) is 1. The molecule has 0 unspecified atom stereocenters. The number of imidazole rings is 1. The quantitative estimate of drug-likeness (QED) is 0.473. The highest BCUT2D eigenvalue weighted by molar-refractivity contribution is 6.00. The Labute approximate surface area is 148 Å². The Morgan fingerprint density at radius 2 is 1.88 bits per heavy atom. The molecule has 3 heterocycles. The van der Waals surface area contributed by atoms with Crippen molar-refractivity contribution >= 4 is 23.2 Å². The lowest BCUT2D eigenvalue weighted by molar-refractivity contribution is -0.129. The average Bonchev–Trinajstić information content (AvgIpc) is 3.10. The fraction of sp³-hybridized carbons (Fsp3) is 0.176. The van der Waals surface area contributed by atoms with E-state index in [1.54, 1.807) is 44.3 Å². The first-order valence-corrected chi connectivity index (χ1v) is 7.96. The number of aromatic nitrogens is 3. The van der Waals surface area contributed by atoms with Gasteiger partial charge in [0.05, 0.1) is 11.4 Å². The number of carbonyl (C=O) groups is 1. The Hall–Kier alpha value is -3.62. The van der Waals surface area contributed by atoms with Crippen LogP contribution in [0.4, 0.5) is 17.3 Å². The van der Waals surface area contributed by atoms with Gasteiger partial charge >= 0.3 is 5.69 Å². The third-order valence-corrected chi connectivity index (χ3v) is 4.34. The SMILES string of the molecule is CC1(C)Oc2ccc(-n3c(-c4cc[nH]c4N)c(N)[nH]c3=O)cc2NC1=O. The van der Waals surface area contributed by atoms with Crippen molar-refractivity contribution in [2.24, 2.45) is 0 Å². The van der Waals surface area contributed by atoms with E-state index < -0.39 is 11.3 Å². The standard InChI is InChI=1S/C17H18N6O3/c1-17(2)15(24)21-10-7-8(3-4-11(10)26-17)23-12(14(19)22-16(23)25)9-5-6-20-13(9)18/h3-7,20H,18-19H2,1-2H3,(H,21,24)(H,22,25). The lowest BCUT2D eigenvalue weighted by Gasteiger charge is -2.31. The zero-order valence-corrected chi connectivity index (χ0v) is 14.2. The van der Waals surface area contributed by atoms with Gasteiger partial charge in [-0.25, -0.2) is 4.79 Å². The minimum atomic E-state index is -0.964. The Morgan fingerprint density at radius 3 is 2.58 bits per heavy atom. The number of ether oxygens (including phenoxy) is 1. The highest BCUT2D eigenvalue weighted by Gasteiger charge is 2.35. The van der Waals surface area contributed by atoms with Crippen molar-refractivity contribution in [3.05, 3.63) is 40.9 Å². The fourth-order valence-corrected chi connectivity index (χ4v) is 2.99. The first-order valence-electron chi connectivity index (χ1n) is 7.96. The molecule has 0 atom stereocenters. The number of carbonyl (C=O) groups excluding carboxylic acids is 1. The molecule has 9 heteroatoms. The molecule has 0 bridgehead atoms. The van der Waals surface area contributed by atoms with Crippen LogP contribution in [0, 0.1) is 0 Å². The lowest BCUT2D eigenvalue weighted by Crippen LogP contribution is -2.45. The summed E-state index contributed by atoms with van der Waals surface area (Å²) in [6.45, 7) is 3.37. The molecule has 2 aromatic heterocycles. The lowest BCUT2D eigenvalue weighted by atomic mass is 10.1. The maximum absolute atomic E-state index is 12.5. The number of aromatic amines is 2. The molecule has 0 radical (unpaired) electrons. The molecule has 4 rings (SSSR count). The summed E-state index contributed by atoms with van der Waals surface area (Å²) in [5.74, 6) is 0.844. The monoisotopic (exact) mass is 354 g/mol. The van der Waals surface area contributed by atoms with Crippen molar-refractivity contribution in [2.75, 3.05) is 16.8 Å². The molecule has 0 spiro atoms. The van der Waals surface area contributed by atoms with Crippen molar-refractivity contribution < 1.29 is 9.53 Å². The second kappa shape index (κ2) is 5.19. The summed E-state index contributed by atoms with van der Waals surface area (Å²) in [5.41, 5.74) is 12.6. The topological polar surface area (TPSA) is 144 Å². The molecular weight excluding hydrogens is 336 g/mol. The molecule has 0 fully saturated rings. The maximum Gasteiger partial charge on any atom is 0.332 e. The van der Waals surface area contributed by atoms with Crippen LogP contribution in [0.15, 0.2) is 35.3 Å². The minimum absolute atomic E-state index is 0.195. The molecule has 7 N–H and O–H groups in total. The van der Waals surface area contributed by atoms with E-state index in [9.17, 15) is 9.59 Å². The van der Waals surface area contributed by atoms with E-state index in [1.165, 1.54) is 4.57 Å². The van der Waals surface area contributed by atoms with E-state index >= 15 is 0 Å². The highest BCUT2D eigenvalue weighted by Crippen LogP contribution is 2.36. The predicted molar refractivity (Wildman–Crippen MR) is 98.3 cm³/mol. The van der Waals surface area contributed by atoms with Crippen molar-refractivity contribution in [2.45, 2.75) is 19.4 Å². The second-order valence-corrected chi connectivity index (χ2v) is 6.58. The molecular formula is C17H18N6O3. The second-order valence-electron chi connectivity index (χ2n) is 6.58. The summed E-state index contributed by atoms with van der Waals surface area (Å²) in [4.78, 5) is 30.1. The number of amides is 1. The average molecular weight is 354 g/mol. The van der Waals surface area contributed by atoms with E-state index in [4.69, 9.17) is 16.2 Å². The Morgan fingerprint density at radius 1 is 1.12 bits per heavy atom. The summed E-state index contributed by atoms with van der Waals surface area (Å²) in [6.07, 6.45) is 1.66. The number of hydrogen-bond acceptors (Lipinski definition) is 5. The van der Waals surface area contributed by atoms with Gasteiger partial charge in [0.15, 0.2) is 5.60 Å². The molecule has 3 aromatic rings. The predicted octanol–water partition coefficient (Wildman–Crippen LogP) is 1.43. The van der Waals surface area contributed by atoms with Crippen LogP contribution >= 0.6 is 0 Å². The number of fused-ring (bicyclic) bond motifs is 1. The molecule has 134 valence electrons. The molecule has 1 aliphatic heterocycles. The summed E-state index contributed by atoms with van der Waals surface area (Å²) >= 11 is 0. The summed E-state index contributed by atoms with van der Waals surface area (Å²) < 4.78 is 7.13. The Kier molecular flexibility index (Phi) is 3.17. The van der Waals surface area contributed by atoms with Crippen LogP contribution in [-0.4, -0.2) is 26.0 Å². The molecule has 0 saturated heterocycles. The summed E-state index contributed by atoms with van der Waals surface area (Å²) in [6, 6.07) is 6.80. The third kappa shape index (κ3) is 2.25. The highest BCUT2D eigenvalue weighted by atomic mass is 16.5. The van der Waals surface area contributed by atoms with Crippen molar-refractivity contribution in [3.8, 4) is 22.7 Å². The van der Waals surface area contributed by atoms with Crippen molar-refractivity contribution in [1.29, 1.82) is 0 Å². The van der Waals surface area contributed by atoms with Crippen LogP contribution in [0.25, 0.3) is 16.9 Å². The summed E-state index contributed by atoms with van der Waals surface area (Å²) in [5, 5.41) is 2.80. The molecule has 0 saturated carbocycles. The van der Waals surface area contributed by atoms with Gasteiger partial charge in [-0.1, -0.05) is 0 Å². The van der Waals surface area contributed by atoms with E-state index in [1.807, 2.05) is 0 Å². The molecule has 9 nitrogen and oxygen atoms in total. The number of rotatable bonds is 2. The normalized spacial score (nSPS) is 15.2. The number of H-pyrrole nitrogens is 2. The van der Waals surface area contributed by atoms with Gasteiger partial charge in [0.1, 0.15) is 23.1 Å². The van der Waals surface area contributed by atoms with Gasteiger partial charge in [-0.05, 0) is 38.1 Å². The Balaban J connectivity index is 1.89. The van der Waals surface area contributed by atoms with Crippen LogP contribution in [0.2, 0.25) is 0 Å². The maximum atomic E-state index is 12.5. The molecule has 1 amide bonds.